The highest BCUT2D eigenvalue weighted by Crippen LogP contribution is 2.50. The van der Waals surface area contributed by atoms with Crippen molar-refractivity contribution in [3.8, 4) is 16.9 Å². The van der Waals surface area contributed by atoms with Crippen molar-refractivity contribution < 1.29 is 19.1 Å². The number of anilines is 1. The summed E-state index contributed by atoms with van der Waals surface area (Å²) in [6, 6.07) is 18.2. The summed E-state index contributed by atoms with van der Waals surface area (Å²) in [5, 5.41) is 2.40. The van der Waals surface area contributed by atoms with Crippen molar-refractivity contribution in [1.29, 1.82) is 0 Å². The number of aryl methyl sites for hydroxylation is 1. The zero-order valence-corrected chi connectivity index (χ0v) is 29.2. The molecular formula is C41H45N5O4. The number of ketones is 2. The third-order valence-electron chi connectivity index (χ3n) is 11.0. The molecule has 3 fully saturated rings. The van der Waals surface area contributed by atoms with Crippen molar-refractivity contribution in [2.45, 2.75) is 58.2 Å². The topological polar surface area (TPSA) is 89.8 Å². The molecule has 9 nitrogen and oxygen atoms in total. The van der Waals surface area contributed by atoms with Gasteiger partial charge in [0, 0.05) is 90.2 Å². The van der Waals surface area contributed by atoms with E-state index < -0.39 is 0 Å². The standard InChI is InChI=1S/C41H45N5O4/c1-27(47)34-11-9-31(18-36(34)28(2)48)49-16-6-4-5-15-45-25-41(26-45)19-32(20-41)50-33-23-46(24-33)40-12-8-30(21-43-40)29-7-10-35-37-22-42-14-13-38(37)44(3)39(35)17-29/h7-14,17-18,21-22,32-33H,4-6,15-16,19-20,23-26H2,1-3H3. The fourth-order valence-corrected chi connectivity index (χ4v) is 8.30. The van der Waals surface area contributed by atoms with Gasteiger partial charge < -0.3 is 23.8 Å². The van der Waals surface area contributed by atoms with Crippen LogP contribution in [0.25, 0.3) is 32.9 Å². The van der Waals surface area contributed by atoms with Crippen LogP contribution in [0.1, 0.15) is 66.7 Å². The lowest BCUT2D eigenvalue weighted by Gasteiger charge is -2.60. The van der Waals surface area contributed by atoms with Gasteiger partial charge >= 0.3 is 0 Å². The Balaban J connectivity index is 0.716. The first kappa shape index (κ1) is 32.6. The van der Waals surface area contributed by atoms with Crippen molar-refractivity contribution in [2.75, 3.05) is 44.2 Å². The molecule has 0 atom stereocenters. The number of nitrogens with zero attached hydrogens (tertiary/aromatic N) is 5. The highest BCUT2D eigenvalue weighted by molar-refractivity contribution is 6.09. The lowest BCUT2D eigenvalue weighted by atomic mass is 9.61. The number of carbonyl (C=O) groups is 2. The molecular weight excluding hydrogens is 626 g/mol. The fraction of sp³-hybridized carbons (Fsp3) is 0.415. The maximum absolute atomic E-state index is 11.9. The van der Waals surface area contributed by atoms with Gasteiger partial charge in [0.25, 0.3) is 0 Å². The summed E-state index contributed by atoms with van der Waals surface area (Å²) in [6.45, 7) is 8.90. The number of Topliss-reactive ketones (excluding diaryl/α,β-unsaturated/α-hetero) is 2. The minimum absolute atomic E-state index is 0.105. The van der Waals surface area contributed by atoms with E-state index in [0.29, 0.717) is 41.1 Å². The summed E-state index contributed by atoms with van der Waals surface area (Å²) in [7, 11) is 2.11. The van der Waals surface area contributed by atoms with Gasteiger partial charge in [-0.05, 0) is 101 Å². The molecule has 8 rings (SSSR count). The van der Waals surface area contributed by atoms with Crippen molar-refractivity contribution in [1.82, 2.24) is 19.4 Å². The molecule has 3 aliphatic rings. The molecule has 0 unspecified atom stereocenters. The summed E-state index contributed by atoms with van der Waals surface area (Å²) < 4.78 is 14.6. The van der Waals surface area contributed by atoms with E-state index >= 15 is 0 Å². The Hall–Kier alpha value is -4.60. The van der Waals surface area contributed by atoms with E-state index in [1.807, 2.05) is 18.6 Å². The maximum Gasteiger partial charge on any atom is 0.160 e. The summed E-state index contributed by atoms with van der Waals surface area (Å²) in [4.78, 5) is 37.7. The Morgan fingerprint density at radius 3 is 2.38 bits per heavy atom. The average Bonchev–Trinajstić information content (AvgIpc) is 3.35. The van der Waals surface area contributed by atoms with E-state index in [1.54, 1.807) is 18.2 Å². The Bertz CT molecular complexity index is 2050. The van der Waals surface area contributed by atoms with E-state index in [-0.39, 0.29) is 11.6 Å². The van der Waals surface area contributed by atoms with Gasteiger partial charge in [-0.2, -0.15) is 0 Å². The Morgan fingerprint density at radius 1 is 0.820 bits per heavy atom. The second-order valence-electron chi connectivity index (χ2n) is 14.7. The van der Waals surface area contributed by atoms with Gasteiger partial charge in [0.2, 0.25) is 0 Å². The molecule has 5 aromatic rings. The number of benzene rings is 2. The molecule has 0 N–H and O–H groups in total. The van der Waals surface area contributed by atoms with E-state index in [9.17, 15) is 9.59 Å². The van der Waals surface area contributed by atoms with Crippen LogP contribution in [0.2, 0.25) is 0 Å². The Kier molecular flexibility index (Phi) is 8.65. The van der Waals surface area contributed by atoms with E-state index in [2.05, 4.69) is 62.8 Å². The minimum atomic E-state index is -0.118. The van der Waals surface area contributed by atoms with Gasteiger partial charge in [-0.25, -0.2) is 4.98 Å². The number of pyridine rings is 2. The molecule has 0 radical (unpaired) electrons. The first-order chi connectivity index (χ1) is 24.2. The van der Waals surface area contributed by atoms with Crippen molar-refractivity contribution in [3.63, 3.8) is 0 Å². The first-order valence-electron chi connectivity index (χ1n) is 18.0. The summed E-state index contributed by atoms with van der Waals surface area (Å²) in [5.41, 5.74) is 6.04. The number of fused-ring (bicyclic) bond motifs is 3. The minimum Gasteiger partial charge on any atom is -0.494 e. The number of hydrogen-bond acceptors (Lipinski definition) is 8. The molecule has 1 saturated carbocycles. The molecule has 1 spiro atoms. The molecule has 2 saturated heterocycles. The molecule has 0 amide bonds. The second kappa shape index (κ2) is 13.3. The number of ether oxygens (including phenoxy) is 2. The smallest absolute Gasteiger partial charge is 0.160 e. The van der Waals surface area contributed by atoms with Gasteiger partial charge in [-0.1, -0.05) is 12.1 Å². The highest BCUT2D eigenvalue weighted by atomic mass is 16.5. The third-order valence-corrected chi connectivity index (χ3v) is 11.0. The Morgan fingerprint density at radius 2 is 1.62 bits per heavy atom. The SMILES string of the molecule is CC(=O)c1ccc(OCCCCCN2CC3(CC(OC4CN(c5ccc(-c6ccc7c8cnccc8n(C)c7c6)cn5)C4)C3)C2)cc1C(C)=O. The van der Waals surface area contributed by atoms with Crippen LogP contribution in [0, 0.1) is 5.41 Å². The predicted octanol–water partition coefficient (Wildman–Crippen LogP) is 7.11. The largest absolute Gasteiger partial charge is 0.494 e. The Labute approximate surface area is 293 Å². The van der Waals surface area contributed by atoms with E-state index in [4.69, 9.17) is 14.5 Å². The molecule has 1 aliphatic carbocycles. The van der Waals surface area contributed by atoms with Gasteiger partial charge in [-0.3, -0.25) is 14.6 Å². The fourth-order valence-electron chi connectivity index (χ4n) is 8.30. The van der Waals surface area contributed by atoms with Crippen molar-refractivity contribution >= 4 is 39.2 Å². The lowest BCUT2D eigenvalue weighted by molar-refractivity contribution is -0.171. The third kappa shape index (κ3) is 6.29. The molecule has 2 aliphatic heterocycles. The second-order valence-corrected chi connectivity index (χ2v) is 14.7. The lowest BCUT2D eigenvalue weighted by Crippen LogP contribution is -2.65. The number of rotatable bonds is 13. The highest BCUT2D eigenvalue weighted by Gasteiger charge is 2.53. The zero-order chi connectivity index (χ0) is 34.4. The average molecular weight is 672 g/mol. The molecule has 5 heterocycles. The predicted molar refractivity (Wildman–Crippen MR) is 196 cm³/mol. The number of likely N-dealkylation sites (tertiary alicyclic amines) is 1. The van der Waals surface area contributed by atoms with Crippen LogP contribution in [-0.4, -0.2) is 82.5 Å². The number of aromatic nitrogens is 3. The van der Waals surface area contributed by atoms with Crippen LogP contribution in [0.4, 0.5) is 5.82 Å². The van der Waals surface area contributed by atoms with Crippen molar-refractivity contribution in [2.24, 2.45) is 12.5 Å². The van der Waals surface area contributed by atoms with Crippen LogP contribution in [-0.2, 0) is 11.8 Å². The van der Waals surface area contributed by atoms with E-state index in [0.717, 1.165) is 50.3 Å². The molecule has 0 bridgehead atoms. The van der Waals surface area contributed by atoms with Gasteiger partial charge in [0.15, 0.2) is 11.6 Å². The van der Waals surface area contributed by atoms with E-state index in [1.165, 1.54) is 67.1 Å². The van der Waals surface area contributed by atoms with Crippen LogP contribution in [0.15, 0.2) is 73.2 Å². The number of hydrogen-bond donors (Lipinski definition) is 0. The van der Waals surface area contributed by atoms with Crippen LogP contribution in [0.3, 0.4) is 0 Å². The van der Waals surface area contributed by atoms with Crippen molar-refractivity contribution in [3.05, 3.63) is 84.3 Å². The monoisotopic (exact) mass is 671 g/mol. The quantitative estimate of drug-likeness (QED) is 0.0967. The van der Waals surface area contributed by atoms with Crippen LogP contribution in [0.5, 0.6) is 5.75 Å². The molecule has 9 heteroatoms. The molecule has 3 aromatic heterocycles. The molecule has 50 heavy (non-hydrogen) atoms. The van der Waals surface area contributed by atoms with Gasteiger partial charge in [0.05, 0.1) is 24.3 Å². The van der Waals surface area contributed by atoms with Gasteiger partial charge in [0.1, 0.15) is 11.6 Å². The summed E-state index contributed by atoms with van der Waals surface area (Å²) in [6.07, 6.45) is 12.1. The first-order valence-corrected chi connectivity index (χ1v) is 18.0. The number of unbranched alkanes of at least 4 members (excludes halogenated alkanes) is 2. The van der Waals surface area contributed by atoms with Crippen LogP contribution < -0.4 is 9.64 Å². The van der Waals surface area contributed by atoms with Crippen LogP contribution >= 0.6 is 0 Å². The summed E-state index contributed by atoms with van der Waals surface area (Å²) >= 11 is 0. The molecule has 2 aromatic carbocycles. The zero-order valence-electron chi connectivity index (χ0n) is 29.2. The van der Waals surface area contributed by atoms with Gasteiger partial charge in [-0.15, -0.1) is 0 Å². The number of carbonyl (C=O) groups excluding carboxylic acids is 2. The molecule has 258 valence electrons. The summed E-state index contributed by atoms with van der Waals surface area (Å²) in [5.74, 6) is 1.44. The maximum atomic E-state index is 11.9. The normalized spacial score (nSPS) is 17.5.